The summed E-state index contributed by atoms with van der Waals surface area (Å²) in [6.07, 6.45) is 3.00. The van der Waals surface area contributed by atoms with E-state index in [1.807, 2.05) is 0 Å². The van der Waals surface area contributed by atoms with Crippen LogP contribution in [0.3, 0.4) is 0 Å². The second-order valence-corrected chi connectivity index (χ2v) is 7.29. The second kappa shape index (κ2) is 4.68. The molecular formula is C10H20I-. The van der Waals surface area contributed by atoms with Crippen molar-refractivity contribution in [2.75, 3.05) is 8.86 Å². The van der Waals surface area contributed by atoms with Crippen molar-refractivity contribution in [2.24, 2.45) is 17.8 Å². The van der Waals surface area contributed by atoms with Gasteiger partial charge in [0.25, 0.3) is 0 Å². The molecule has 0 aromatic heterocycles. The normalized spacial score (nSPS) is 38.3. The fourth-order valence-corrected chi connectivity index (χ4v) is 5.13. The predicted octanol–water partition coefficient (Wildman–Crippen LogP) is -0.222. The van der Waals surface area contributed by atoms with E-state index in [2.05, 4.69) is 20.8 Å². The van der Waals surface area contributed by atoms with E-state index in [0.717, 1.165) is 17.8 Å². The van der Waals surface area contributed by atoms with Crippen LogP contribution in [0.25, 0.3) is 0 Å². The molecule has 0 aliphatic heterocycles. The van der Waals surface area contributed by atoms with Gasteiger partial charge in [-0.3, -0.25) is 0 Å². The van der Waals surface area contributed by atoms with Crippen LogP contribution in [0.5, 0.6) is 0 Å². The molecule has 1 aliphatic rings. The molecule has 0 radical (unpaired) electrons. The summed E-state index contributed by atoms with van der Waals surface area (Å²) in [7, 11) is 0. The molecule has 1 unspecified atom stereocenters. The van der Waals surface area contributed by atoms with Gasteiger partial charge in [0, 0.05) is 0 Å². The van der Waals surface area contributed by atoms with Crippen LogP contribution < -0.4 is 21.2 Å². The first-order valence-corrected chi connectivity index (χ1v) is 7.84. The molecule has 1 rings (SSSR count). The van der Waals surface area contributed by atoms with Crippen molar-refractivity contribution >= 4 is 0 Å². The number of rotatable bonds is 3. The molecule has 0 bridgehead atoms. The first-order valence-electron chi connectivity index (χ1n) is 4.79. The Morgan fingerprint density at radius 1 is 1.18 bits per heavy atom. The first-order chi connectivity index (χ1) is 5.25. The van der Waals surface area contributed by atoms with Gasteiger partial charge in [-0.05, 0) is 0 Å². The minimum atomic E-state index is 0.561. The Kier molecular flexibility index (Phi) is 4.18. The number of halogens is 1. The maximum atomic E-state index is 2.45. The van der Waals surface area contributed by atoms with Crippen LogP contribution in [0, 0.1) is 17.8 Å². The first kappa shape index (κ1) is 9.82. The third-order valence-corrected chi connectivity index (χ3v) is 5.73. The van der Waals surface area contributed by atoms with Gasteiger partial charge in [0.2, 0.25) is 0 Å². The van der Waals surface area contributed by atoms with Crippen LogP contribution in [-0.2, 0) is 0 Å². The zero-order chi connectivity index (χ0) is 8.27. The summed E-state index contributed by atoms with van der Waals surface area (Å²) < 4.78 is 3.08. The molecule has 0 N–H and O–H groups in total. The molecule has 0 amide bonds. The third-order valence-electron chi connectivity index (χ3n) is 3.02. The molecule has 1 fully saturated rings. The van der Waals surface area contributed by atoms with E-state index in [-0.39, 0.29) is 0 Å². The summed E-state index contributed by atoms with van der Waals surface area (Å²) in [4.78, 5) is 0. The summed E-state index contributed by atoms with van der Waals surface area (Å²) in [6, 6.07) is 0. The van der Waals surface area contributed by atoms with Crippen molar-refractivity contribution in [1.29, 1.82) is 0 Å². The fourth-order valence-electron chi connectivity index (χ4n) is 2.05. The Morgan fingerprint density at radius 3 is 2.18 bits per heavy atom. The van der Waals surface area contributed by atoms with E-state index in [1.165, 1.54) is 17.3 Å². The molecule has 11 heavy (non-hydrogen) atoms. The standard InChI is InChI=1S/C10H20I/c1-4-11-7-10-8(2)5-6-9(10)3/h8-10H,4-7H2,1-3H3/q-1/t8-,9+,10?. The van der Waals surface area contributed by atoms with E-state index >= 15 is 0 Å². The Hall–Kier alpha value is 0.730. The average Bonchev–Trinajstić information content (AvgIpc) is 2.29. The van der Waals surface area contributed by atoms with Gasteiger partial charge in [-0.1, -0.05) is 0 Å². The predicted molar refractivity (Wildman–Crippen MR) is 46.5 cm³/mol. The van der Waals surface area contributed by atoms with Gasteiger partial charge >= 0.3 is 81.4 Å². The summed E-state index contributed by atoms with van der Waals surface area (Å²) >= 11 is 0.561. The summed E-state index contributed by atoms with van der Waals surface area (Å²) in [5, 5.41) is 0. The molecule has 68 valence electrons. The van der Waals surface area contributed by atoms with Crippen LogP contribution in [-0.4, -0.2) is 8.86 Å². The number of hydrogen-bond donors (Lipinski definition) is 0. The zero-order valence-electron chi connectivity index (χ0n) is 7.94. The molecule has 1 heteroatoms. The number of hydrogen-bond acceptors (Lipinski definition) is 0. The van der Waals surface area contributed by atoms with E-state index in [9.17, 15) is 0 Å². The topological polar surface area (TPSA) is 0 Å². The van der Waals surface area contributed by atoms with Gasteiger partial charge in [0.05, 0.1) is 0 Å². The Balaban J connectivity index is 2.29. The molecule has 1 aliphatic carbocycles. The third kappa shape index (κ3) is 2.60. The fraction of sp³-hybridized carbons (Fsp3) is 1.00. The Morgan fingerprint density at radius 2 is 1.73 bits per heavy atom. The van der Waals surface area contributed by atoms with Crippen molar-refractivity contribution in [2.45, 2.75) is 33.6 Å². The van der Waals surface area contributed by atoms with Crippen molar-refractivity contribution in [3.8, 4) is 0 Å². The summed E-state index contributed by atoms with van der Waals surface area (Å²) in [6.45, 7) is 7.25. The average molecular weight is 267 g/mol. The van der Waals surface area contributed by atoms with Crippen molar-refractivity contribution in [1.82, 2.24) is 0 Å². The number of alkyl halides is 2. The van der Waals surface area contributed by atoms with E-state index in [4.69, 9.17) is 0 Å². The molecule has 3 atom stereocenters. The summed E-state index contributed by atoms with van der Waals surface area (Å²) in [5.74, 6) is 3.18. The van der Waals surface area contributed by atoms with E-state index in [0.29, 0.717) is 21.2 Å². The van der Waals surface area contributed by atoms with Crippen LogP contribution in [0.4, 0.5) is 0 Å². The maximum absolute atomic E-state index is 2.45. The Bertz CT molecular complexity index is 101. The van der Waals surface area contributed by atoms with Gasteiger partial charge in [0.1, 0.15) is 0 Å². The van der Waals surface area contributed by atoms with Gasteiger partial charge < -0.3 is 0 Å². The molecule has 0 saturated heterocycles. The quantitative estimate of drug-likeness (QED) is 0.490. The molecular weight excluding hydrogens is 247 g/mol. The van der Waals surface area contributed by atoms with E-state index in [1.54, 1.807) is 4.43 Å². The van der Waals surface area contributed by atoms with E-state index < -0.39 is 0 Å². The van der Waals surface area contributed by atoms with Gasteiger partial charge in [0.15, 0.2) is 0 Å². The molecule has 1 saturated carbocycles. The van der Waals surface area contributed by atoms with Gasteiger partial charge in [-0.25, -0.2) is 0 Å². The minimum absolute atomic E-state index is 0.561. The summed E-state index contributed by atoms with van der Waals surface area (Å²) in [5.41, 5.74) is 0. The zero-order valence-corrected chi connectivity index (χ0v) is 10.1. The van der Waals surface area contributed by atoms with Crippen LogP contribution in [0.2, 0.25) is 0 Å². The molecule has 0 heterocycles. The van der Waals surface area contributed by atoms with Crippen molar-refractivity contribution in [3.63, 3.8) is 0 Å². The van der Waals surface area contributed by atoms with Crippen LogP contribution >= 0.6 is 0 Å². The SMILES string of the molecule is CC[I-]CC1[C@H](C)CC[C@@H]1C. The van der Waals surface area contributed by atoms with Crippen molar-refractivity contribution < 1.29 is 21.2 Å². The van der Waals surface area contributed by atoms with Crippen LogP contribution in [0.15, 0.2) is 0 Å². The molecule has 0 aromatic rings. The van der Waals surface area contributed by atoms with Gasteiger partial charge in [-0.15, -0.1) is 0 Å². The van der Waals surface area contributed by atoms with Crippen LogP contribution in [0.1, 0.15) is 33.6 Å². The van der Waals surface area contributed by atoms with Gasteiger partial charge in [-0.2, -0.15) is 0 Å². The molecule has 0 nitrogen and oxygen atoms in total. The molecule has 0 aromatic carbocycles. The Labute approximate surface area is 81.4 Å². The monoisotopic (exact) mass is 267 g/mol. The molecule has 0 spiro atoms. The second-order valence-electron chi connectivity index (χ2n) is 3.81. The van der Waals surface area contributed by atoms with Crippen molar-refractivity contribution in [3.05, 3.63) is 0 Å².